The minimum Gasteiger partial charge on any atom is -0.339 e. The lowest BCUT2D eigenvalue weighted by Crippen LogP contribution is -2.13. The zero-order valence-corrected chi connectivity index (χ0v) is 18.5. The van der Waals surface area contributed by atoms with E-state index in [-0.39, 0.29) is 24.0 Å². The van der Waals surface area contributed by atoms with Crippen molar-refractivity contribution in [1.29, 1.82) is 0 Å². The largest absolute Gasteiger partial charge is 0.413 e. The maximum atomic E-state index is 13.8. The van der Waals surface area contributed by atoms with E-state index in [9.17, 15) is 17.6 Å². The van der Waals surface area contributed by atoms with E-state index in [1.165, 1.54) is 31.3 Å². The van der Waals surface area contributed by atoms with Crippen molar-refractivity contribution in [3.8, 4) is 0 Å². The monoisotopic (exact) mass is 447 g/mol. The Balaban J connectivity index is 0.000000668. The molecule has 2 unspecified atom stereocenters. The van der Waals surface area contributed by atoms with Crippen molar-refractivity contribution in [2.24, 2.45) is 11.8 Å². The summed E-state index contributed by atoms with van der Waals surface area (Å²) in [6.45, 7) is 8.15. The second-order valence-electron chi connectivity index (χ2n) is 8.26. The standard InChI is InChI=1S/C21H19F4N3.C4H10/c1-12(14-6-2-3-8-17(14)22)28-19-11-26-18(10-27-19)20-15-7-4-5-13(15)9-16(20)21(23,24)25;1-3-4-2/h2-3,6,8,10-11,13,15H,1,4-5,7,9H2,(H,27,28);3-4H2,1-2H3. The first kappa shape index (κ1) is 24.0. The first-order valence-electron chi connectivity index (χ1n) is 11.1. The number of benzene rings is 1. The first-order valence-corrected chi connectivity index (χ1v) is 11.1. The molecule has 2 aromatic rings. The molecule has 1 saturated carbocycles. The Kier molecular flexibility index (Phi) is 7.69. The average molecular weight is 448 g/mol. The van der Waals surface area contributed by atoms with Gasteiger partial charge < -0.3 is 5.32 Å². The summed E-state index contributed by atoms with van der Waals surface area (Å²) in [5, 5.41) is 2.86. The molecule has 32 heavy (non-hydrogen) atoms. The molecule has 1 heterocycles. The van der Waals surface area contributed by atoms with Crippen LogP contribution in [0.1, 0.15) is 63.6 Å². The van der Waals surface area contributed by atoms with Crippen molar-refractivity contribution < 1.29 is 17.6 Å². The third-order valence-electron chi connectivity index (χ3n) is 6.07. The maximum Gasteiger partial charge on any atom is 0.413 e. The van der Waals surface area contributed by atoms with Crippen LogP contribution in [-0.4, -0.2) is 16.1 Å². The molecule has 0 amide bonds. The third-order valence-corrected chi connectivity index (χ3v) is 6.07. The van der Waals surface area contributed by atoms with Crippen LogP contribution in [0.25, 0.3) is 11.3 Å². The normalized spacial score (nSPS) is 19.9. The van der Waals surface area contributed by atoms with Gasteiger partial charge in [0.1, 0.15) is 11.6 Å². The summed E-state index contributed by atoms with van der Waals surface area (Å²) < 4.78 is 54.4. The molecule has 2 aliphatic carbocycles. The SMILES string of the molecule is C=C(Nc1cnc(C2=C(C(F)(F)F)CC3CCCC23)cn1)c1ccccc1F.CCCC. The number of allylic oxidation sites excluding steroid dienone is 2. The minimum absolute atomic E-state index is 0.0482. The zero-order chi connectivity index (χ0) is 23.3. The van der Waals surface area contributed by atoms with Crippen LogP contribution >= 0.6 is 0 Å². The molecule has 3 nitrogen and oxygen atoms in total. The molecule has 1 aromatic heterocycles. The fourth-order valence-corrected chi connectivity index (χ4v) is 4.33. The molecule has 0 aliphatic heterocycles. The number of fused-ring (bicyclic) bond motifs is 1. The lowest BCUT2D eigenvalue weighted by Gasteiger charge is -2.15. The smallest absolute Gasteiger partial charge is 0.339 e. The lowest BCUT2D eigenvalue weighted by molar-refractivity contribution is -0.0933. The molecule has 0 spiro atoms. The van der Waals surface area contributed by atoms with Crippen molar-refractivity contribution in [2.45, 2.75) is 58.5 Å². The Hall–Kier alpha value is -2.70. The van der Waals surface area contributed by atoms with Crippen molar-refractivity contribution in [3.63, 3.8) is 0 Å². The Morgan fingerprint density at radius 2 is 1.81 bits per heavy atom. The molecular weight excluding hydrogens is 418 g/mol. The molecule has 0 saturated heterocycles. The summed E-state index contributed by atoms with van der Waals surface area (Å²) in [5.41, 5.74) is 0.686. The number of anilines is 1. The van der Waals surface area contributed by atoms with Gasteiger partial charge in [-0.15, -0.1) is 0 Å². The first-order chi connectivity index (χ1) is 15.3. The van der Waals surface area contributed by atoms with E-state index in [0.29, 0.717) is 22.7 Å². The highest BCUT2D eigenvalue weighted by Gasteiger charge is 2.48. The third kappa shape index (κ3) is 5.37. The van der Waals surface area contributed by atoms with Crippen molar-refractivity contribution in [2.75, 3.05) is 5.32 Å². The van der Waals surface area contributed by atoms with Gasteiger partial charge in [-0.1, -0.05) is 51.8 Å². The van der Waals surface area contributed by atoms with Gasteiger partial charge >= 0.3 is 6.18 Å². The molecule has 0 radical (unpaired) electrons. The molecule has 2 aliphatic rings. The molecule has 1 fully saturated rings. The van der Waals surface area contributed by atoms with Crippen LogP contribution in [-0.2, 0) is 0 Å². The van der Waals surface area contributed by atoms with Gasteiger partial charge in [0, 0.05) is 16.8 Å². The van der Waals surface area contributed by atoms with Gasteiger partial charge in [-0.3, -0.25) is 4.98 Å². The van der Waals surface area contributed by atoms with Gasteiger partial charge in [0.15, 0.2) is 0 Å². The highest BCUT2D eigenvalue weighted by Crippen LogP contribution is 2.54. The average Bonchev–Trinajstić information content (AvgIpc) is 3.36. The van der Waals surface area contributed by atoms with Crippen LogP contribution in [0.2, 0.25) is 0 Å². The summed E-state index contributed by atoms with van der Waals surface area (Å²) in [4.78, 5) is 8.43. The summed E-state index contributed by atoms with van der Waals surface area (Å²) in [6, 6.07) is 6.15. The molecular formula is C25H29F4N3. The Morgan fingerprint density at radius 1 is 1.09 bits per heavy atom. The number of rotatable bonds is 5. The highest BCUT2D eigenvalue weighted by atomic mass is 19.4. The predicted octanol–water partition coefficient (Wildman–Crippen LogP) is 7.64. The molecule has 1 N–H and O–H groups in total. The van der Waals surface area contributed by atoms with Gasteiger partial charge in [-0.25, -0.2) is 9.37 Å². The van der Waals surface area contributed by atoms with Gasteiger partial charge in [0.2, 0.25) is 0 Å². The zero-order valence-electron chi connectivity index (χ0n) is 18.5. The fraction of sp³-hybridized carbons (Fsp3) is 0.440. The van der Waals surface area contributed by atoms with Gasteiger partial charge in [-0.05, 0) is 48.8 Å². The number of hydrogen-bond donors (Lipinski definition) is 1. The van der Waals surface area contributed by atoms with E-state index in [2.05, 4.69) is 35.7 Å². The van der Waals surface area contributed by atoms with Crippen molar-refractivity contribution >= 4 is 17.1 Å². The molecule has 0 bridgehead atoms. The topological polar surface area (TPSA) is 37.8 Å². The van der Waals surface area contributed by atoms with Crippen molar-refractivity contribution in [3.05, 3.63) is 65.9 Å². The summed E-state index contributed by atoms with van der Waals surface area (Å²) in [5.74, 6) is -0.180. The van der Waals surface area contributed by atoms with Gasteiger partial charge in [-0.2, -0.15) is 13.2 Å². The van der Waals surface area contributed by atoms with Crippen LogP contribution in [0.5, 0.6) is 0 Å². The fourth-order valence-electron chi connectivity index (χ4n) is 4.33. The van der Waals surface area contributed by atoms with E-state index < -0.39 is 17.6 Å². The van der Waals surface area contributed by atoms with E-state index in [4.69, 9.17) is 0 Å². The second-order valence-corrected chi connectivity index (χ2v) is 8.26. The van der Waals surface area contributed by atoms with E-state index >= 15 is 0 Å². The predicted molar refractivity (Wildman–Crippen MR) is 120 cm³/mol. The molecule has 172 valence electrons. The number of unbranched alkanes of at least 4 members (excludes halogenated alkanes) is 1. The van der Waals surface area contributed by atoms with E-state index in [1.54, 1.807) is 18.2 Å². The maximum absolute atomic E-state index is 13.8. The summed E-state index contributed by atoms with van der Waals surface area (Å²) in [7, 11) is 0. The summed E-state index contributed by atoms with van der Waals surface area (Å²) >= 11 is 0. The highest BCUT2D eigenvalue weighted by molar-refractivity contribution is 5.75. The number of aromatic nitrogens is 2. The Morgan fingerprint density at radius 3 is 2.41 bits per heavy atom. The molecule has 4 rings (SSSR count). The number of nitrogens with zero attached hydrogens (tertiary/aromatic N) is 2. The number of alkyl halides is 3. The van der Waals surface area contributed by atoms with Gasteiger partial charge in [0.05, 0.1) is 18.1 Å². The van der Waals surface area contributed by atoms with Crippen LogP contribution in [0.4, 0.5) is 23.4 Å². The summed E-state index contributed by atoms with van der Waals surface area (Å²) in [6.07, 6.45) is 3.60. The van der Waals surface area contributed by atoms with Crippen LogP contribution in [0.3, 0.4) is 0 Å². The van der Waals surface area contributed by atoms with Crippen LogP contribution in [0.15, 0.2) is 48.8 Å². The van der Waals surface area contributed by atoms with E-state index in [1.807, 2.05) is 0 Å². The van der Waals surface area contributed by atoms with Crippen LogP contribution < -0.4 is 5.32 Å². The number of nitrogens with one attached hydrogen (secondary N) is 1. The number of hydrogen-bond acceptors (Lipinski definition) is 3. The van der Waals surface area contributed by atoms with E-state index in [0.717, 1.165) is 19.3 Å². The molecule has 7 heteroatoms. The van der Waals surface area contributed by atoms with Crippen LogP contribution in [0, 0.1) is 17.7 Å². The molecule has 1 aromatic carbocycles. The number of halogens is 4. The van der Waals surface area contributed by atoms with Crippen molar-refractivity contribution in [1.82, 2.24) is 9.97 Å². The second kappa shape index (κ2) is 10.3. The quantitative estimate of drug-likeness (QED) is 0.479. The molecule has 2 atom stereocenters. The van der Waals surface area contributed by atoms with Gasteiger partial charge in [0.25, 0.3) is 0 Å². The minimum atomic E-state index is -4.35. The Bertz CT molecular complexity index is 962. The lowest BCUT2D eigenvalue weighted by atomic mass is 9.93. The Labute approximate surface area is 186 Å².